The van der Waals surface area contributed by atoms with Crippen molar-refractivity contribution in [2.75, 3.05) is 0 Å². The van der Waals surface area contributed by atoms with Gasteiger partial charge in [0.15, 0.2) is 0 Å². The molecule has 0 radical (unpaired) electrons. The lowest BCUT2D eigenvalue weighted by atomic mass is 10.0. The molecule has 0 aliphatic carbocycles. The molecule has 0 aliphatic heterocycles. The van der Waals surface area contributed by atoms with Gasteiger partial charge in [-0.3, -0.25) is 0 Å². The van der Waals surface area contributed by atoms with Gasteiger partial charge >= 0.3 is 0 Å². The second-order valence-electron chi connectivity index (χ2n) is 5.10. The number of hydrogen-bond donors (Lipinski definition) is 0. The van der Waals surface area contributed by atoms with Crippen molar-refractivity contribution < 1.29 is 0 Å². The molecule has 0 N–H and O–H groups in total. The summed E-state index contributed by atoms with van der Waals surface area (Å²) >= 11 is 7.22. The molecule has 106 valence electrons. The first kappa shape index (κ1) is 15.8. The van der Waals surface area contributed by atoms with Gasteiger partial charge in [-0.05, 0) is 48.9 Å². The van der Waals surface area contributed by atoms with Crippen molar-refractivity contribution in [1.82, 2.24) is 0 Å². The molecule has 20 heavy (non-hydrogen) atoms. The fourth-order valence-electron chi connectivity index (χ4n) is 2.39. The number of aryl methyl sites for hydroxylation is 2. The van der Waals surface area contributed by atoms with Gasteiger partial charge < -0.3 is 0 Å². The molecule has 2 aromatic rings. The minimum atomic E-state index is 1.18. The molecule has 2 aromatic carbocycles. The zero-order valence-corrected chi connectivity index (χ0v) is 14.8. The van der Waals surface area contributed by atoms with Crippen LogP contribution in [0.25, 0.3) is 0 Å². The van der Waals surface area contributed by atoms with Gasteiger partial charge in [-0.15, -0.1) is 0 Å². The average Bonchev–Trinajstić information content (AvgIpc) is 2.46. The first-order chi connectivity index (χ1) is 9.77. The summed E-state index contributed by atoms with van der Waals surface area (Å²) in [6.45, 7) is 0. The van der Waals surface area contributed by atoms with Gasteiger partial charge in [-0.2, -0.15) is 0 Å². The first-order valence-electron chi connectivity index (χ1n) is 7.24. The Hall–Kier alpha value is -0.600. The van der Waals surface area contributed by atoms with Gasteiger partial charge in [0.2, 0.25) is 0 Å². The van der Waals surface area contributed by atoms with E-state index < -0.39 is 0 Å². The SMILES string of the molecule is Brc1ccccc1CCCCCCc1ccccc1Br. The van der Waals surface area contributed by atoms with Crippen LogP contribution in [0.2, 0.25) is 0 Å². The number of rotatable bonds is 7. The molecule has 0 fully saturated rings. The number of unbranched alkanes of at least 4 members (excludes halogenated alkanes) is 3. The maximum absolute atomic E-state index is 3.61. The fourth-order valence-corrected chi connectivity index (χ4v) is 3.35. The molecule has 0 bridgehead atoms. The standard InChI is InChI=1S/C18H20Br2/c19-17-13-7-5-11-15(17)9-3-1-2-4-10-16-12-6-8-14-18(16)20/h5-8,11-14H,1-4,9-10H2. The molecule has 0 aromatic heterocycles. The topological polar surface area (TPSA) is 0 Å². The molecule has 0 saturated carbocycles. The van der Waals surface area contributed by atoms with Gasteiger partial charge in [0.1, 0.15) is 0 Å². The van der Waals surface area contributed by atoms with Crippen molar-refractivity contribution >= 4 is 31.9 Å². The molecule has 2 rings (SSSR count). The lowest BCUT2D eigenvalue weighted by molar-refractivity contribution is 0.639. The summed E-state index contributed by atoms with van der Waals surface area (Å²) in [5, 5.41) is 0. The summed E-state index contributed by atoms with van der Waals surface area (Å²) < 4.78 is 2.49. The third-order valence-electron chi connectivity index (χ3n) is 3.56. The van der Waals surface area contributed by atoms with Crippen LogP contribution in [0, 0.1) is 0 Å². The van der Waals surface area contributed by atoms with E-state index in [2.05, 4.69) is 80.4 Å². The summed E-state index contributed by atoms with van der Waals surface area (Å²) in [5.74, 6) is 0. The first-order valence-corrected chi connectivity index (χ1v) is 8.83. The maximum Gasteiger partial charge on any atom is 0.0207 e. The van der Waals surface area contributed by atoms with E-state index in [1.807, 2.05) is 0 Å². The van der Waals surface area contributed by atoms with E-state index in [-0.39, 0.29) is 0 Å². The molecule has 0 nitrogen and oxygen atoms in total. The van der Waals surface area contributed by atoms with Crippen LogP contribution in [0.5, 0.6) is 0 Å². The van der Waals surface area contributed by atoms with E-state index in [0.29, 0.717) is 0 Å². The summed E-state index contributed by atoms with van der Waals surface area (Å²) in [4.78, 5) is 0. The molecule has 0 heterocycles. The van der Waals surface area contributed by atoms with Crippen LogP contribution in [0.3, 0.4) is 0 Å². The number of benzene rings is 2. The van der Waals surface area contributed by atoms with Crippen LogP contribution in [0.15, 0.2) is 57.5 Å². The van der Waals surface area contributed by atoms with E-state index in [0.717, 1.165) is 0 Å². The monoisotopic (exact) mass is 394 g/mol. The Bertz CT molecular complexity index is 485. The van der Waals surface area contributed by atoms with Crippen LogP contribution in [-0.4, -0.2) is 0 Å². The van der Waals surface area contributed by atoms with Crippen molar-refractivity contribution in [2.45, 2.75) is 38.5 Å². The van der Waals surface area contributed by atoms with Crippen molar-refractivity contribution in [2.24, 2.45) is 0 Å². The smallest absolute Gasteiger partial charge is 0.0207 e. The van der Waals surface area contributed by atoms with Gasteiger partial charge in [-0.1, -0.05) is 81.1 Å². The van der Waals surface area contributed by atoms with E-state index >= 15 is 0 Å². The lowest BCUT2D eigenvalue weighted by Gasteiger charge is -2.05. The van der Waals surface area contributed by atoms with Crippen molar-refractivity contribution in [3.05, 3.63) is 68.6 Å². The number of hydrogen-bond acceptors (Lipinski definition) is 0. The van der Waals surface area contributed by atoms with Crippen LogP contribution >= 0.6 is 31.9 Å². The molecule has 0 spiro atoms. The zero-order chi connectivity index (χ0) is 14.2. The van der Waals surface area contributed by atoms with E-state index in [1.54, 1.807) is 0 Å². The zero-order valence-electron chi connectivity index (χ0n) is 11.6. The molecule has 2 heteroatoms. The third kappa shape index (κ3) is 5.06. The molecule has 0 saturated heterocycles. The van der Waals surface area contributed by atoms with Gasteiger partial charge in [-0.25, -0.2) is 0 Å². The summed E-state index contributed by atoms with van der Waals surface area (Å²) in [6, 6.07) is 17.1. The highest BCUT2D eigenvalue weighted by Gasteiger charge is 2.00. The second-order valence-corrected chi connectivity index (χ2v) is 6.81. The Balaban J connectivity index is 1.63. The average molecular weight is 396 g/mol. The second kappa shape index (κ2) is 8.63. The van der Waals surface area contributed by atoms with Gasteiger partial charge in [0, 0.05) is 8.95 Å². The highest BCUT2D eigenvalue weighted by Crippen LogP contribution is 2.20. The minimum absolute atomic E-state index is 1.18. The lowest BCUT2D eigenvalue weighted by Crippen LogP contribution is -1.90. The molecular formula is C18H20Br2. The van der Waals surface area contributed by atoms with Crippen molar-refractivity contribution in [3.8, 4) is 0 Å². The molecule has 0 unspecified atom stereocenters. The predicted octanol–water partition coefficient (Wildman–Crippen LogP) is 6.56. The quantitative estimate of drug-likeness (QED) is 0.465. The third-order valence-corrected chi connectivity index (χ3v) is 5.11. The van der Waals surface area contributed by atoms with Gasteiger partial charge in [0.05, 0.1) is 0 Å². The van der Waals surface area contributed by atoms with E-state index in [4.69, 9.17) is 0 Å². The Morgan fingerprint density at radius 2 is 0.950 bits per heavy atom. The summed E-state index contributed by atoms with van der Waals surface area (Å²) in [7, 11) is 0. The fraction of sp³-hybridized carbons (Fsp3) is 0.333. The minimum Gasteiger partial charge on any atom is -0.0619 e. The Morgan fingerprint density at radius 3 is 1.35 bits per heavy atom. The normalized spacial score (nSPS) is 10.7. The molecule has 0 aliphatic rings. The van der Waals surface area contributed by atoms with E-state index in [1.165, 1.54) is 58.6 Å². The highest BCUT2D eigenvalue weighted by atomic mass is 79.9. The van der Waals surface area contributed by atoms with Crippen LogP contribution < -0.4 is 0 Å². The van der Waals surface area contributed by atoms with Crippen molar-refractivity contribution in [1.29, 1.82) is 0 Å². The molecule has 0 amide bonds. The van der Waals surface area contributed by atoms with Crippen LogP contribution in [0.1, 0.15) is 36.8 Å². The largest absolute Gasteiger partial charge is 0.0619 e. The predicted molar refractivity (Wildman–Crippen MR) is 94.2 cm³/mol. The van der Waals surface area contributed by atoms with Crippen LogP contribution in [0.4, 0.5) is 0 Å². The van der Waals surface area contributed by atoms with Crippen molar-refractivity contribution in [3.63, 3.8) is 0 Å². The Morgan fingerprint density at radius 1 is 0.550 bits per heavy atom. The van der Waals surface area contributed by atoms with E-state index in [9.17, 15) is 0 Å². The van der Waals surface area contributed by atoms with Crippen LogP contribution in [-0.2, 0) is 12.8 Å². The molecule has 0 atom stereocenters. The van der Waals surface area contributed by atoms with Gasteiger partial charge in [0.25, 0.3) is 0 Å². The highest BCUT2D eigenvalue weighted by molar-refractivity contribution is 9.10. The Kier molecular flexibility index (Phi) is 6.81. The Labute approximate surface area is 138 Å². The molecular weight excluding hydrogens is 376 g/mol. The number of halogens is 2. The summed E-state index contributed by atoms with van der Waals surface area (Å²) in [6.07, 6.45) is 7.53. The summed E-state index contributed by atoms with van der Waals surface area (Å²) in [5.41, 5.74) is 2.86. The maximum atomic E-state index is 3.61.